The molecule has 1 aliphatic carbocycles. The molecule has 0 nitrogen and oxygen atoms in total. The molecule has 1 heterocycles. The van der Waals surface area contributed by atoms with E-state index in [9.17, 15) is 0 Å². The molecule has 1 aliphatic rings. The molecule has 84 valence electrons. The van der Waals surface area contributed by atoms with Crippen LogP contribution < -0.4 is 0 Å². The molecular weight excluding hydrogens is 336 g/mol. The zero-order chi connectivity index (χ0) is 10.8. The maximum Gasteiger partial charge on any atom is 0.0492 e. The minimum absolute atomic E-state index is 0.565. The highest BCUT2D eigenvalue weighted by molar-refractivity contribution is 9.10. The second-order valence-electron chi connectivity index (χ2n) is 4.41. The van der Waals surface area contributed by atoms with Crippen LogP contribution in [0.5, 0.6) is 0 Å². The Hall–Kier alpha value is 0.660. The second-order valence-corrected chi connectivity index (χ2v) is 7.65. The van der Waals surface area contributed by atoms with Crippen molar-refractivity contribution in [1.29, 1.82) is 0 Å². The van der Waals surface area contributed by atoms with E-state index >= 15 is 0 Å². The van der Waals surface area contributed by atoms with Crippen LogP contribution >= 0.6 is 43.2 Å². The summed E-state index contributed by atoms with van der Waals surface area (Å²) in [7, 11) is 0. The highest BCUT2D eigenvalue weighted by Crippen LogP contribution is 2.41. The van der Waals surface area contributed by atoms with Gasteiger partial charge in [-0.15, -0.1) is 11.3 Å². The maximum absolute atomic E-state index is 3.83. The molecule has 1 aromatic heterocycles. The first-order valence-corrected chi connectivity index (χ1v) is 8.09. The molecule has 0 saturated heterocycles. The normalized spacial score (nSPS) is 19.7. The Morgan fingerprint density at radius 3 is 2.67 bits per heavy atom. The molecule has 0 aromatic carbocycles. The Labute approximate surface area is 113 Å². The van der Waals surface area contributed by atoms with Crippen molar-refractivity contribution >= 4 is 43.2 Å². The topological polar surface area (TPSA) is 0 Å². The number of hydrogen-bond donors (Lipinski definition) is 0. The molecule has 2 rings (SSSR count). The van der Waals surface area contributed by atoms with E-state index < -0.39 is 0 Å². The summed E-state index contributed by atoms with van der Waals surface area (Å²) in [5.74, 6) is 0.954. The van der Waals surface area contributed by atoms with Crippen LogP contribution in [0.3, 0.4) is 0 Å². The Morgan fingerprint density at radius 1 is 1.47 bits per heavy atom. The van der Waals surface area contributed by atoms with Crippen LogP contribution in [0.1, 0.15) is 46.7 Å². The summed E-state index contributed by atoms with van der Waals surface area (Å²) in [5, 5.41) is 0. The highest BCUT2D eigenvalue weighted by atomic mass is 79.9. The molecule has 1 atom stereocenters. The summed E-state index contributed by atoms with van der Waals surface area (Å²) in [5.41, 5.74) is 0. The molecule has 1 saturated carbocycles. The van der Waals surface area contributed by atoms with Crippen molar-refractivity contribution in [2.45, 2.75) is 43.9 Å². The standard InChI is InChI=1S/C12H16Br2S/c1-8-10(13)7-12(15-8)11(14)6-9-4-2-3-5-9/h7,9,11H,2-6H2,1H3. The van der Waals surface area contributed by atoms with E-state index in [0.717, 1.165) is 5.92 Å². The van der Waals surface area contributed by atoms with E-state index in [2.05, 4.69) is 44.8 Å². The number of aryl methyl sites for hydroxylation is 1. The zero-order valence-electron chi connectivity index (χ0n) is 8.93. The first kappa shape index (κ1) is 12.1. The molecule has 1 unspecified atom stereocenters. The first-order chi connectivity index (χ1) is 7.16. The third-order valence-corrected chi connectivity index (χ3v) is 6.62. The van der Waals surface area contributed by atoms with Crippen molar-refractivity contribution in [3.63, 3.8) is 0 Å². The van der Waals surface area contributed by atoms with E-state index in [1.165, 1.54) is 46.3 Å². The molecular formula is C12H16Br2S. The van der Waals surface area contributed by atoms with Crippen LogP contribution in [-0.4, -0.2) is 0 Å². The third-order valence-electron chi connectivity index (χ3n) is 3.20. The van der Waals surface area contributed by atoms with E-state index in [1.54, 1.807) is 0 Å². The Bertz CT molecular complexity index is 307. The second kappa shape index (κ2) is 5.33. The summed E-state index contributed by atoms with van der Waals surface area (Å²) in [4.78, 5) is 3.43. The van der Waals surface area contributed by atoms with Crippen LogP contribution in [-0.2, 0) is 0 Å². The van der Waals surface area contributed by atoms with Crippen molar-refractivity contribution in [1.82, 2.24) is 0 Å². The molecule has 15 heavy (non-hydrogen) atoms. The van der Waals surface area contributed by atoms with E-state index in [-0.39, 0.29) is 0 Å². The fourth-order valence-electron chi connectivity index (χ4n) is 2.29. The highest BCUT2D eigenvalue weighted by Gasteiger charge is 2.20. The lowest BCUT2D eigenvalue weighted by Gasteiger charge is -2.13. The summed E-state index contributed by atoms with van der Waals surface area (Å²) < 4.78 is 1.26. The van der Waals surface area contributed by atoms with Gasteiger partial charge in [0.1, 0.15) is 0 Å². The summed E-state index contributed by atoms with van der Waals surface area (Å²) in [6.07, 6.45) is 7.07. The molecule has 0 aliphatic heterocycles. The molecule has 0 bridgehead atoms. The smallest absolute Gasteiger partial charge is 0.0492 e. The number of thiophene rings is 1. The quantitative estimate of drug-likeness (QED) is 0.600. The lowest BCUT2D eigenvalue weighted by atomic mass is 10.0. The van der Waals surface area contributed by atoms with Crippen molar-refractivity contribution in [3.05, 3.63) is 20.3 Å². The molecule has 0 amide bonds. The van der Waals surface area contributed by atoms with Gasteiger partial charge in [0, 0.05) is 19.1 Å². The SMILES string of the molecule is Cc1sc(C(Br)CC2CCCC2)cc1Br. The van der Waals surface area contributed by atoms with Gasteiger partial charge in [0.15, 0.2) is 0 Å². The Balaban J connectivity index is 1.97. The predicted molar refractivity (Wildman–Crippen MR) is 75.0 cm³/mol. The molecule has 1 fully saturated rings. The predicted octanol–water partition coefficient (Wildman–Crippen LogP) is 5.84. The maximum atomic E-state index is 3.83. The zero-order valence-corrected chi connectivity index (χ0v) is 12.9. The van der Waals surface area contributed by atoms with Gasteiger partial charge in [-0.1, -0.05) is 41.6 Å². The van der Waals surface area contributed by atoms with Crippen molar-refractivity contribution in [2.24, 2.45) is 5.92 Å². The van der Waals surface area contributed by atoms with Crippen molar-refractivity contribution in [2.75, 3.05) is 0 Å². The molecule has 0 N–H and O–H groups in total. The Kier molecular flexibility index (Phi) is 4.31. The lowest BCUT2D eigenvalue weighted by molar-refractivity contribution is 0.504. The van der Waals surface area contributed by atoms with Crippen molar-refractivity contribution in [3.8, 4) is 0 Å². The third kappa shape index (κ3) is 3.07. The summed E-state index contributed by atoms with van der Waals surface area (Å²) >= 11 is 9.33. The van der Waals surface area contributed by atoms with Gasteiger partial charge in [-0.05, 0) is 41.3 Å². The minimum atomic E-state index is 0.565. The van der Waals surface area contributed by atoms with E-state index in [1.807, 2.05) is 11.3 Å². The van der Waals surface area contributed by atoms with Gasteiger partial charge < -0.3 is 0 Å². The number of hydrogen-bond acceptors (Lipinski definition) is 1. The van der Waals surface area contributed by atoms with E-state index in [4.69, 9.17) is 0 Å². The van der Waals surface area contributed by atoms with E-state index in [0.29, 0.717) is 4.83 Å². The summed E-state index contributed by atoms with van der Waals surface area (Å²) in [6.45, 7) is 2.17. The first-order valence-electron chi connectivity index (χ1n) is 5.56. The molecule has 0 spiro atoms. The fraction of sp³-hybridized carbons (Fsp3) is 0.667. The monoisotopic (exact) mass is 350 g/mol. The van der Waals surface area contributed by atoms with Gasteiger partial charge in [-0.3, -0.25) is 0 Å². The van der Waals surface area contributed by atoms with Gasteiger partial charge in [0.25, 0.3) is 0 Å². The van der Waals surface area contributed by atoms with Gasteiger partial charge in [0.2, 0.25) is 0 Å². The van der Waals surface area contributed by atoms with Gasteiger partial charge in [-0.2, -0.15) is 0 Å². The fourth-order valence-corrected chi connectivity index (χ4v) is 4.78. The average molecular weight is 352 g/mol. The number of rotatable bonds is 3. The lowest BCUT2D eigenvalue weighted by Crippen LogP contribution is -1.97. The summed E-state index contributed by atoms with van der Waals surface area (Å²) in [6, 6.07) is 2.27. The van der Waals surface area contributed by atoms with Crippen LogP contribution in [0, 0.1) is 12.8 Å². The minimum Gasteiger partial charge on any atom is -0.143 e. The van der Waals surface area contributed by atoms with Crippen molar-refractivity contribution < 1.29 is 0 Å². The van der Waals surface area contributed by atoms with Gasteiger partial charge in [0.05, 0.1) is 0 Å². The number of alkyl halides is 1. The molecule has 1 aromatic rings. The Morgan fingerprint density at radius 2 is 2.13 bits per heavy atom. The average Bonchev–Trinajstić information content (AvgIpc) is 2.78. The molecule has 3 heteroatoms. The largest absolute Gasteiger partial charge is 0.143 e. The van der Waals surface area contributed by atoms with Crippen LogP contribution in [0.25, 0.3) is 0 Å². The van der Waals surface area contributed by atoms with Crippen LogP contribution in [0.2, 0.25) is 0 Å². The van der Waals surface area contributed by atoms with Gasteiger partial charge in [-0.25, -0.2) is 0 Å². The van der Waals surface area contributed by atoms with Crippen LogP contribution in [0.15, 0.2) is 10.5 Å². The molecule has 0 radical (unpaired) electrons. The van der Waals surface area contributed by atoms with Crippen LogP contribution in [0.4, 0.5) is 0 Å². The number of halogens is 2. The van der Waals surface area contributed by atoms with Gasteiger partial charge >= 0.3 is 0 Å².